The maximum atomic E-state index is 11.8. The number of nitrogens with one attached hydrogen (secondary N) is 1. The Hall–Kier alpha value is -0.940. The largest absolute Gasteiger partial charge is 0.304 e. The van der Waals surface area contributed by atoms with Crippen LogP contribution in [0.25, 0.3) is 0 Å². The molecule has 2 unspecified atom stereocenters. The monoisotopic (exact) mass is 253 g/mol. The van der Waals surface area contributed by atoms with Crippen molar-refractivity contribution in [3.63, 3.8) is 0 Å². The number of carbonyl (C=O) groups is 2. The highest BCUT2D eigenvalue weighted by Gasteiger charge is 2.37. The summed E-state index contributed by atoms with van der Waals surface area (Å²) in [5, 5.41) is 3.37. The summed E-state index contributed by atoms with van der Waals surface area (Å²) in [6.07, 6.45) is 3.65. The van der Waals surface area contributed by atoms with Gasteiger partial charge in [-0.3, -0.25) is 14.5 Å². The molecule has 5 heteroatoms. The smallest absolute Gasteiger partial charge is 0.246 e. The molecule has 2 rings (SSSR count). The van der Waals surface area contributed by atoms with Crippen LogP contribution in [-0.2, 0) is 9.59 Å². The fraction of sp³-hybridized carbons (Fsp3) is 0.846. The molecule has 0 aliphatic carbocycles. The van der Waals surface area contributed by atoms with Crippen molar-refractivity contribution >= 4 is 11.8 Å². The Morgan fingerprint density at radius 1 is 1.28 bits per heavy atom. The Morgan fingerprint density at radius 2 is 2.06 bits per heavy atom. The summed E-state index contributed by atoms with van der Waals surface area (Å²) in [4.78, 5) is 27.0. The van der Waals surface area contributed by atoms with Gasteiger partial charge in [0.2, 0.25) is 11.8 Å². The summed E-state index contributed by atoms with van der Waals surface area (Å²) in [5.41, 5.74) is 0. The molecule has 2 amide bonds. The van der Waals surface area contributed by atoms with E-state index in [2.05, 4.69) is 17.1 Å². The van der Waals surface area contributed by atoms with Gasteiger partial charge in [-0.1, -0.05) is 6.92 Å². The van der Waals surface area contributed by atoms with Gasteiger partial charge in [0.1, 0.15) is 0 Å². The number of likely N-dealkylation sites (N-methyl/N-ethyl adjacent to an activating group) is 1. The number of likely N-dealkylation sites (tertiary alicyclic amines) is 2. The van der Waals surface area contributed by atoms with E-state index in [-0.39, 0.29) is 17.9 Å². The van der Waals surface area contributed by atoms with E-state index in [1.165, 1.54) is 4.90 Å². The fourth-order valence-corrected chi connectivity index (χ4v) is 2.81. The van der Waals surface area contributed by atoms with E-state index in [9.17, 15) is 9.59 Å². The number of amides is 2. The predicted molar refractivity (Wildman–Crippen MR) is 69.1 cm³/mol. The Morgan fingerprint density at radius 3 is 2.67 bits per heavy atom. The van der Waals surface area contributed by atoms with Gasteiger partial charge in [-0.05, 0) is 38.9 Å². The highest BCUT2D eigenvalue weighted by atomic mass is 16.2. The van der Waals surface area contributed by atoms with E-state index >= 15 is 0 Å². The summed E-state index contributed by atoms with van der Waals surface area (Å²) in [6.45, 7) is 5.50. The van der Waals surface area contributed by atoms with Crippen LogP contribution in [0.15, 0.2) is 0 Å². The Balaban J connectivity index is 1.86. The van der Waals surface area contributed by atoms with Crippen LogP contribution in [0.5, 0.6) is 0 Å². The second kappa shape index (κ2) is 5.80. The van der Waals surface area contributed by atoms with Crippen molar-refractivity contribution in [3.8, 4) is 0 Å². The zero-order valence-corrected chi connectivity index (χ0v) is 11.3. The van der Waals surface area contributed by atoms with Gasteiger partial charge in [-0.2, -0.15) is 0 Å². The lowest BCUT2D eigenvalue weighted by atomic mass is 10.1. The summed E-state index contributed by atoms with van der Waals surface area (Å²) < 4.78 is 0. The minimum atomic E-state index is -0.291. The average Bonchev–Trinajstić information content (AvgIpc) is 2.58. The van der Waals surface area contributed by atoms with E-state index in [0.717, 1.165) is 38.9 Å². The lowest BCUT2D eigenvalue weighted by Gasteiger charge is -2.20. The molecule has 0 spiro atoms. The van der Waals surface area contributed by atoms with E-state index < -0.39 is 0 Å². The molecule has 0 aromatic carbocycles. The third-order valence-corrected chi connectivity index (χ3v) is 4.09. The molecule has 0 radical (unpaired) electrons. The molecular weight excluding hydrogens is 230 g/mol. The van der Waals surface area contributed by atoms with Crippen molar-refractivity contribution < 1.29 is 9.59 Å². The van der Waals surface area contributed by atoms with Crippen LogP contribution in [0.3, 0.4) is 0 Å². The first-order valence-electron chi connectivity index (χ1n) is 6.90. The van der Waals surface area contributed by atoms with Crippen molar-refractivity contribution in [2.45, 2.75) is 44.7 Å². The SMILES string of the molecule is CCN1CCCC(NC2CC(=O)N(C)C2=O)CC1. The molecule has 2 heterocycles. The predicted octanol–water partition coefficient (Wildman–Crippen LogP) is 0.208. The second-order valence-corrected chi connectivity index (χ2v) is 5.28. The molecule has 5 nitrogen and oxygen atoms in total. The first-order valence-corrected chi connectivity index (χ1v) is 6.90. The maximum Gasteiger partial charge on any atom is 0.246 e. The number of hydrogen-bond acceptors (Lipinski definition) is 4. The molecule has 0 saturated carbocycles. The van der Waals surface area contributed by atoms with Gasteiger partial charge >= 0.3 is 0 Å². The molecule has 1 N–H and O–H groups in total. The van der Waals surface area contributed by atoms with Gasteiger partial charge in [0, 0.05) is 13.1 Å². The quantitative estimate of drug-likeness (QED) is 0.731. The summed E-state index contributed by atoms with van der Waals surface area (Å²) in [6, 6.07) is 0.0791. The van der Waals surface area contributed by atoms with Crippen molar-refractivity contribution in [3.05, 3.63) is 0 Å². The molecule has 0 aromatic rings. The summed E-state index contributed by atoms with van der Waals surface area (Å²) in [5.74, 6) is -0.141. The zero-order valence-electron chi connectivity index (χ0n) is 11.3. The van der Waals surface area contributed by atoms with Crippen LogP contribution < -0.4 is 5.32 Å². The van der Waals surface area contributed by atoms with Crippen LogP contribution in [0, 0.1) is 0 Å². The van der Waals surface area contributed by atoms with E-state index in [1.54, 1.807) is 7.05 Å². The molecule has 102 valence electrons. The minimum absolute atomic E-state index is 0.0682. The zero-order chi connectivity index (χ0) is 13.1. The van der Waals surface area contributed by atoms with Gasteiger partial charge in [-0.25, -0.2) is 0 Å². The normalized spacial score (nSPS) is 30.9. The van der Waals surface area contributed by atoms with E-state index in [1.807, 2.05) is 0 Å². The molecule has 2 aliphatic rings. The number of rotatable bonds is 3. The lowest BCUT2D eigenvalue weighted by molar-refractivity contribution is -0.137. The van der Waals surface area contributed by atoms with Crippen LogP contribution in [0.2, 0.25) is 0 Å². The Labute approximate surface area is 108 Å². The highest BCUT2D eigenvalue weighted by Crippen LogP contribution is 2.16. The molecule has 0 aromatic heterocycles. The van der Waals surface area contributed by atoms with Crippen LogP contribution in [0.1, 0.15) is 32.6 Å². The van der Waals surface area contributed by atoms with Gasteiger partial charge in [0.15, 0.2) is 0 Å². The first-order chi connectivity index (χ1) is 8.61. The molecule has 0 bridgehead atoms. The van der Waals surface area contributed by atoms with Gasteiger partial charge in [-0.15, -0.1) is 0 Å². The molecule has 18 heavy (non-hydrogen) atoms. The van der Waals surface area contributed by atoms with Gasteiger partial charge in [0.25, 0.3) is 0 Å². The molecular formula is C13H23N3O2. The second-order valence-electron chi connectivity index (χ2n) is 5.28. The average molecular weight is 253 g/mol. The maximum absolute atomic E-state index is 11.8. The van der Waals surface area contributed by atoms with Crippen molar-refractivity contribution in [1.29, 1.82) is 0 Å². The molecule has 2 saturated heterocycles. The number of imide groups is 1. The van der Waals surface area contributed by atoms with Crippen LogP contribution in [0.4, 0.5) is 0 Å². The van der Waals surface area contributed by atoms with E-state index in [4.69, 9.17) is 0 Å². The van der Waals surface area contributed by atoms with Crippen molar-refractivity contribution in [2.24, 2.45) is 0 Å². The lowest BCUT2D eigenvalue weighted by Crippen LogP contribution is -2.43. The molecule has 2 atom stereocenters. The summed E-state index contributed by atoms with van der Waals surface area (Å²) in [7, 11) is 1.57. The number of carbonyl (C=O) groups excluding carboxylic acids is 2. The third-order valence-electron chi connectivity index (χ3n) is 4.09. The van der Waals surface area contributed by atoms with Crippen LogP contribution in [-0.4, -0.2) is 60.4 Å². The van der Waals surface area contributed by atoms with Gasteiger partial charge in [0.05, 0.1) is 12.5 Å². The minimum Gasteiger partial charge on any atom is -0.304 e. The summed E-state index contributed by atoms with van der Waals surface area (Å²) >= 11 is 0. The number of hydrogen-bond donors (Lipinski definition) is 1. The van der Waals surface area contributed by atoms with Crippen molar-refractivity contribution in [1.82, 2.24) is 15.1 Å². The number of nitrogens with zero attached hydrogens (tertiary/aromatic N) is 2. The first kappa shape index (κ1) is 13.5. The van der Waals surface area contributed by atoms with Gasteiger partial charge < -0.3 is 10.2 Å². The highest BCUT2D eigenvalue weighted by molar-refractivity contribution is 6.05. The third kappa shape index (κ3) is 2.90. The fourth-order valence-electron chi connectivity index (χ4n) is 2.81. The Kier molecular flexibility index (Phi) is 4.35. The molecule has 2 fully saturated rings. The van der Waals surface area contributed by atoms with Crippen molar-refractivity contribution in [2.75, 3.05) is 26.7 Å². The van der Waals surface area contributed by atoms with Crippen LogP contribution >= 0.6 is 0 Å². The van der Waals surface area contributed by atoms with E-state index in [0.29, 0.717) is 12.5 Å². The topological polar surface area (TPSA) is 52.7 Å². The molecule has 2 aliphatic heterocycles. The standard InChI is InChI=1S/C13H23N3O2/c1-3-16-7-4-5-10(6-8-16)14-11-9-12(17)15(2)13(11)18/h10-11,14H,3-9H2,1-2H3. The Bertz CT molecular complexity index is 332.